The van der Waals surface area contributed by atoms with E-state index in [1.807, 2.05) is 62.3 Å². The van der Waals surface area contributed by atoms with Gasteiger partial charge in [0.25, 0.3) is 0 Å². The number of likely N-dealkylation sites (N-methyl/N-ethyl adjacent to an activating group) is 1. The van der Waals surface area contributed by atoms with E-state index in [0.717, 1.165) is 22.2 Å². The van der Waals surface area contributed by atoms with Gasteiger partial charge >= 0.3 is 0 Å². The molecule has 0 aliphatic carbocycles. The number of ether oxygens (including phenoxy) is 1. The van der Waals surface area contributed by atoms with Crippen LogP contribution in [0.15, 0.2) is 54.7 Å². The van der Waals surface area contributed by atoms with E-state index >= 15 is 0 Å². The van der Waals surface area contributed by atoms with Gasteiger partial charge in [-0.1, -0.05) is 18.1 Å². The molecular formula is C26H25N5O2. The summed E-state index contributed by atoms with van der Waals surface area (Å²) in [5.74, 6) is 2.71. The Balaban J connectivity index is 2.26. The van der Waals surface area contributed by atoms with Gasteiger partial charge in [-0.05, 0) is 45.3 Å². The van der Waals surface area contributed by atoms with Gasteiger partial charge in [-0.2, -0.15) is 5.26 Å². The van der Waals surface area contributed by atoms with Crippen molar-refractivity contribution in [2.75, 3.05) is 26.0 Å². The molecule has 2 aromatic carbocycles. The summed E-state index contributed by atoms with van der Waals surface area (Å²) in [5, 5.41) is 13.8. The Kier molecular flexibility index (Phi) is 7.30. The van der Waals surface area contributed by atoms with Gasteiger partial charge in [0.2, 0.25) is 5.91 Å². The Hall–Kier alpha value is -4.33. The predicted octanol–water partition coefficient (Wildman–Crippen LogP) is 3.87. The van der Waals surface area contributed by atoms with Crippen molar-refractivity contribution in [3.63, 3.8) is 0 Å². The van der Waals surface area contributed by atoms with E-state index in [4.69, 9.17) is 16.9 Å². The van der Waals surface area contributed by atoms with E-state index < -0.39 is 5.91 Å². The lowest BCUT2D eigenvalue weighted by Gasteiger charge is -2.25. The number of hydrogen-bond donors (Lipinski definition) is 2. The monoisotopic (exact) mass is 439 g/mol. The van der Waals surface area contributed by atoms with Crippen molar-refractivity contribution >= 4 is 28.2 Å². The second kappa shape index (κ2) is 10.3. The summed E-state index contributed by atoms with van der Waals surface area (Å²) in [7, 11) is 3.79. The summed E-state index contributed by atoms with van der Waals surface area (Å²) in [5.41, 5.74) is 9.27. The van der Waals surface area contributed by atoms with Gasteiger partial charge in [0, 0.05) is 40.5 Å². The Labute approximate surface area is 193 Å². The number of hydrogen-bond acceptors (Lipinski definition) is 6. The second-order valence-electron chi connectivity index (χ2n) is 7.52. The van der Waals surface area contributed by atoms with Crippen molar-refractivity contribution in [2.45, 2.75) is 13.0 Å². The molecule has 0 fully saturated rings. The number of nitriles is 1. The number of nitrogens with two attached hydrogens (primary N) is 1. The fraction of sp³-hybridized carbons (Fsp3) is 0.192. The highest BCUT2D eigenvalue weighted by molar-refractivity contribution is 5.97. The molecule has 0 spiro atoms. The standard InChI is InChI=1S/C26H25N5O2/c1-5-17-8-7-9-19(12-17)30-26-18(15-27)16-29-22-14-24(33-6-2)21(13-20(22)26)23(31(3)4)10-11-25(28)32/h1,7-14,16,23H,6H2,2-4H3,(H2,28,32)(H,29,30). The van der Waals surface area contributed by atoms with E-state index in [1.54, 1.807) is 6.08 Å². The molecule has 0 saturated carbocycles. The number of fused-ring (bicyclic) bond motifs is 1. The van der Waals surface area contributed by atoms with Crippen LogP contribution in [0.4, 0.5) is 11.4 Å². The van der Waals surface area contributed by atoms with Gasteiger partial charge in [0.05, 0.1) is 29.4 Å². The van der Waals surface area contributed by atoms with Gasteiger partial charge in [-0.15, -0.1) is 6.42 Å². The zero-order chi connectivity index (χ0) is 24.0. The zero-order valence-corrected chi connectivity index (χ0v) is 18.8. The molecule has 166 valence electrons. The molecule has 7 heteroatoms. The lowest BCUT2D eigenvalue weighted by atomic mass is 9.99. The number of primary amides is 1. The number of aromatic nitrogens is 1. The van der Waals surface area contributed by atoms with Gasteiger partial charge < -0.3 is 15.8 Å². The first-order valence-corrected chi connectivity index (χ1v) is 10.3. The molecule has 1 heterocycles. The Morgan fingerprint density at radius 3 is 2.79 bits per heavy atom. The van der Waals surface area contributed by atoms with Crippen molar-refractivity contribution < 1.29 is 9.53 Å². The summed E-state index contributed by atoms with van der Waals surface area (Å²) >= 11 is 0. The van der Waals surface area contributed by atoms with Crippen molar-refractivity contribution in [3.05, 3.63) is 71.4 Å². The van der Waals surface area contributed by atoms with Crippen LogP contribution >= 0.6 is 0 Å². The average Bonchev–Trinajstić information content (AvgIpc) is 2.79. The van der Waals surface area contributed by atoms with Crippen molar-refractivity contribution in [1.29, 1.82) is 5.26 Å². The van der Waals surface area contributed by atoms with Crippen LogP contribution in [0.3, 0.4) is 0 Å². The highest BCUT2D eigenvalue weighted by Gasteiger charge is 2.20. The number of benzene rings is 2. The highest BCUT2D eigenvalue weighted by Crippen LogP contribution is 2.37. The molecule has 0 bridgehead atoms. The maximum absolute atomic E-state index is 11.4. The molecule has 0 radical (unpaired) electrons. The largest absolute Gasteiger partial charge is 0.493 e. The fourth-order valence-electron chi connectivity index (χ4n) is 3.54. The molecule has 3 rings (SSSR count). The Morgan fingerprint density at radius 2 is 2.15 bits per heavy atom. The first kappa shape index (κ1) is 23.3. The number of amides is 1. The van der Waals surface area contributed by atoms with Crippen LogP contribution in [0, 0.1) is 23.7 Å². The summed E-state index contributed by atoms with van der Waals surface area (Å²) < 4.78 is 5.90. The third kappa shape index (κ3) is 5.30. The summed E-state index contributed by atoms with van der Waals surface area (Å²) in [6.07, 6.45) is 10.1. The van der Waals surface area contributed by atoms with Crippen LogP contribution in [0.2, 0.25) is 0 Å². The number of terminal acetylenes is 1. The molecule has 1 amide bonds. The van der Waals surface area contributed by atoms with Crippen LogP contribution in [-0.2, 0) is 4.79 Å². The highest BCUT2D eigenvalue weighted by atomic mass is 16.5. The van der Waals surface area contributed by atoms with Gasteiger partial charge in [0.1, 0.15) is 11.8 Å². The maximum Gasteiger partial charge on any atom is 0.241 e. The second-order valence-corrected chi connectivity index (χ2v) is 7.52. The molecule has 0 aliphatic heterocycles. The minimum atomic E-state index is -0.537. The van der Waals surface area contributed by atoms with E-state index in [-0.39, 0.29) is 6.04 Å². The van der Waals surface area contributed by atoms with Gasteiger partial charge in [-0.3, -0.25) is 14.7 Å². The number of carbonyl (C=O) groups excluding carboxylic acids is 1. The Bertz CT molecular complexity index is 1300. The summed E-state index contributed by atoms with van der Waals surface area (Å²) in [6.45, 7) is 2.36. The fourth-order valence-corrected chi connectivity index (χ4v) is 3.54. The number of carbonyl (C=O) groups is 1. The third-order valence-corrected chi connectivity index (χ3v) is 5.04. The molecule has 7 nitrogen and oxygen atoms in total. The summed E-state index contributed by atoms with van der Waals surface area (Å²) in [4.78, 5) is 17.8. The molecule has 0 saturated heterocycles. The van der Waals surface area contributed by atoms with Gasteiger partial charge in [0.15, 0.2) is 0 Å². The van der Waals surface area contributed by atoms with E-state index in [9.17, 15) is 10.1 Å². The SMILES string of the molecule is C#Cc1cccc(Nc2c(C#N)cnc3cc(OCC)c(C(C=CC(N)=O)N(C)C)cc23)c1. The topological polar surface area (TPSA) is 104 Å². The molecular weight excluding hydrogens is 414 g/mol. The molecule has 1 aromatic heterocycles. The van der Waals surface area contributed by atoms with Crippen LogP contribution in [0.1, 0.15) is 29.7 Å². The molecule has 1 atom stereocenters. The number of pyridine rings is 1. The maximum atomic E-state index is 11.4. The van der Waals surface area contributed by atoms with E-state index in [0.29, 0.717) is 29.1 Å². The van der Waals surface area contributed by atoms with Crippen LogP contribution < -0.4 is 15.8 Å². The number of nitrogens with one attached hydrogen (secondary N) is 1. The Morgan fingerprint density at radius 1 is 1.36 bits per heavy atom. The number of anilines is 2. The van der Waals surface area contributed by atoms with E-state index in [1.165, 1.54) is 12.3 Å². The van der Waals surface area contributed by atoms with Crippen LogP contribution in [0.25, 0.3) is 10.9 Å². The minimum Gasteiger partial charge on any atom is -0.493 e. The average molecular weight is 440 g/mol. The minimum absolute atomic E-state index is 0.299. The number of nitrogens with zero attached hydrogens (tertiary/aromatic N) is 3. The van der Waals surface area contributed by atoms with Crippen molar-refractivity contribution in [2.24, 2.45) is 5.73 Å². The first-order chi connectivity index (χ1) is 15.9. The van der Waals surface area contributed by atoms with Crippen LogP contribution in [-0.4, -0.2) is 36.5 Å². The van der Waals surface area contributed by atoms with Crippen molar-refractivity contribution in [3.8, 4) is 24.2 Å². The first-order valence-electron chi connectivity index (χ1n) is 10.3. The zero-order valence-electron chi connectivity index (χ0n) is 18.8. The van der Waals surface area contributed by atoms with Gasteiger partial charge in [-0.25, -0.2) is 0 Å². The molecule has 1 unspecified atom stereocenters. The quantitative estimate of drug-likeness (QED) is 0.408. The normalized spacial score (nSPS) is 11.8. The van der Waals surface area contributed by atoms with E-state index in [2.05, 4.69) is 22.3 Å². The third-order valence-electron chi connectivity index (χ3n) is 5.04. The van der Waals surface area contributed by atoms with Crippen molar-refractivity contribution in [1.82, 2.24) is 9.88 Å². The molecule has 3 aromatic rings. The van der Waals surface area contributed by atoms with Crippen LogP contribution in [0.5, 0.6) is 5.75 Å². The predicted molar refractivity (Wildman–Crippen MR) is 130 cm³/mol. The molecule has 3 N–H and O–H groups in total. The summed E-state index contributed by atoms with van der Waals surface area (Å²) in [6, 6.07) is 13.1. The molecule has 33 heavy (non-hydrogen) atoms. The lowest BCUT2D eigenvalue weighted by molar-refractivity contribution is -0.113. The smallest absolute Gasteiger partial charge is 0.241 e. The molecule has 0 aliphatic rings. The number of rotatable bonds is 8. The lowest BCUT2D eigenvalue weighted by Crippen LogP contribution is -2.20.